The minimum Gasteiger partial charge on any atom is -0.369 e. The molecule has 0 saturated carbocycles. The zero-order valence-corrected chi connectivity index (χ0v) is 6.94. The van der Waals surface area contributed by atoms with Crippen molar-refractivity contribution in [3.8, 4) is 0 Å². The van der Waals surface area contributed by atoms with Gasteiger partial charge in [-0.3, -0.25) is 4.57 Å². The molecule has 2 rings (SSSR count). The van der Waals surface area contributed by atoms with E-state index in [0.29, 0.717) is 5.95 Å². The van der Waals surface area contributed by atoms with Crippen LogP contribution in [-0.2, 0) is 7.05 Å². The summed E-state index contributed by atoms with van der Waals surface area (Å²) in [5.74, 6) is 0.466. The fraction of sp³-hybridized carbons (Fsp3) is 0.286. The number of hydrogen-bond acceptors (Lipinski definition) is 4. The van der Waals surface area contributed by atoms with Crippen LogP contribution in [0.5, 0.6) is 0 Å². The van der Waals surface area contributed by atoms with Crippen molar-refractivity contribution >= 4 is 17.1 Å². The quantitative estimate of drug-likeness (QED) is 0.604. The second kappa shape index (κ2) is 2.17. The molecular weight excluding hydrogens is 154 g/mol. The van der Waals surface area contributed by atoms with Gasteiger partial charge >= 0.3 is 0 Å². The van der Waals surface area contributed by atoms with Gasteiger partial charge in [0.15, 0.2) is 5.65 Å². The minimum atomic E-state index is 0.466. The highest BCUT2D eigenvalue weighted by molar-refractivity contribution is 5.75. The minimum absolute atomic E-state index is 0.466. The molecule has 0 bridgehead atoms. The Labute approximate surface area is 69.3 Å². The molecule has 0 aliphatic heterocycles. The Morgan fingerprint density at radius 3 is 2.83 bits per heavy atom. The second-order valence-electron chi connectivity index (χ2n) is 2.66. The van der Waals surface area contributed by atoms with E-state index in [-0.39, 0.29) is 0 Å². The maximum absolute atomic E-state index is 5.61. The molecule has 0 saturated heterocycles. The van der Waals surface area contributed by atoms with Crippen molar-refractivity contribution in [2.45, 2.75) is 6.92 Å². The summed E-state index contributed by atoms with van der Waals surface area (Å²) in [5.41, 5.74) is 8.01. The summed E-state index contributed by atoms with van der Waals surface area (Å²) in [6, 6.07) is 0. The Morgan fingerprint density at radius 2 is 2.17 bits per heavy atom. The lowest BCUT2D eigenvalue weighted by Crippen LogP contribution is -1.97. The normalized spacial score (nSPS) is 10.8. The first-order valence-corrected chi connectivity index (χ1v) is 3.59. The lowest BCUT2D eigenvalue weighted by atomic mass is 10.4. The summed E-state index contributed by atoms with van der Waals surface area (Å²) < 4.78 is 1.74. The van der Waals surface area contributed by atoms with Gasteiger partial charge in [0, 0.05) is 7.05 Å². The molecule has 0 spiro atoms. The number of rotatable bonds is 0. The highest BCUT2D eigenvalue weighted by Gasteiger charge is 2.07. The lowest BCUT2D eigenvalue weighted by Gasteiger charge is -1.94. The smallest absolute Gasteiger partial charge is 0.202 e. The van der Waals surface area contributed by atoms with Crippen molar-refractivity contribution in [3.63, 3.8) is 0 Å². The van der Waals surface area contributed by atoms with Crippen LogP contribution in [-0.4, -0.2) is 19.5 Å². The van der Waals surface area contributed by atoms with Gasteiger partial charge in [-0.05, 0) is 6.92 Å². The van der Waals surface area contributed by atoms with Gasteiger partial charge in [-0.15, -0.1) is 0 Å². The van der Waals surface area contributed by atoms with Crippen LogP contribution in [0, 0.1) is 6.92 Å². The van der Waals surface area contributed by atoms with Gasteiger partial charge in [0.25, 0.3) is 0 Å². The number of nitrogen functional groups attached to an aromatic ring is 1. The monoisotopic (exact) mass is 163 g/mol. The molecule has 2 aromatic rings. The molecular formula is C7H9N5. The first kappa shape index (κ1) is 7.02. The fourth-order valence-electron chi connectivity index (χ4n) is 1.13. The fourth-order valence-corrected chi connectivity index (χ4v) is 1.13. The molecule has 0 radical (unpaired) electrons. The summed E-state index contributed by atoms with van der Waals surface area (Å²) >= 11 is 0. The molecule has 0 fully saturated rings. The summed E-state index contributed by atoms with van der Waals surface area (Å²) in [7, 11) is 1.83. The molecule has 0 aliphatic carbocycles. The van der Waals surface area contributed by atoms with Crippen LogP contribution in [0.4, 0.5) is 5.95 Å². The molecule has 2 aromatic heterocycles. The standard InChI is InChI=1S/C7H9N5/c1-4-5-6(10-3-9-4)12(2)7(8)11-5/h3H,1-2H3,(H2,8,11). The van der Waals surface area contributed by atoms with Gasteiger partial charge < -0.3 is 5.73 Å². The van der Waals surface area contributed by atoms with Crippen molar-refractivity contribution in [2.24, 2.45) is 7.05 Å². The van der Waals surface area contributed by atoms with Crippen LogP contribution in [0.1, 0.15) is 5.69 Å². The van der Waals surface area contributed by atoms with E-state index in [9.17, 15) is 0 Å². The molecule has 0 unspecified atom stereocenters. The summed E-state index contributed by atoms with van der Waals surface area (Å²) in [4.78, 5) is 12.2. The molecule has 62 valence electrons. The molecule has 0 atom stereocenters. The van der Waals surface area contributed by atoms with Gasteiger partial charge in [0.05, 0.1) is 5.69 Å². The van der Waals surface area contributed by atoms with E-state index < -0.39 is 0 Å². The van der Waals surface area contributed by atoms with Crippen molar-refractivity contribution in [3.05, 3.63) is 12.0 Å². The van der Waals surface area contributed by atoms with Gasteiger partial charge in [-0.25, -0.2) is 15.0 Å². The van der Waals surface area contributed by atoms with Gasteiger partial charge in [-0.1, -0.05) is 0 Å². The Kier molecular flexibility index (Phi) is 1.27. The zero-order chi connectivity index (χ0) is 8.72. The largest absolute Gasteiger partial charge is 0.369 e. The van der Waals surface area contributed by atoms with Crippen LogP contribution in [0.2, 0.25) is 0 Å². The van der Waals surface area contributed by atoms with Crippen LogP contribution in [0.15, 0.2) is 6.33 Å². The number of aromatic nitrogens is 4. The van der Waals surface area contributed by atoms with Crippen LogP contribution >= 0.6 is 0 Å². The summed E-state index contributed by atoms with van der Waals surface area (Å²) in [5, 5.41) is 0. The number of nitrogens with zero attached hydrogens (tertiary/aromatic N) is 4. The second-order valence-corrected chi connectivity index (χ2v) is 2.66. The van der Waals surface area contributed by atoms with E-state index in [1.165, 1.54) is 6.33 Å². The summed E-state index contributed by atoms with van der Waals surface area (Å²) in [6.07, 6.45) is 1.51. The topological polar surface area (TPSA) is 69.6 Å². The first-order valence-electron chi connectivity index (χ1n) is 3.59. The molecule has 5 heteroatoms. The number of hydrogen-bond donors (Lipinski definition) is 1. The Morgan fingerprint density at radius 1 is 1.42 bits per heavy atom. The molecule has 2 heterocycles. The number of anilines is 1. The Balaban J connectivity index is 2.95. The van der Waals surface area contributed by atoms with Gasteiger partial charge in [-0.2, -0.15) is 0 Å². The van der Waals surface area contributed by atoms with E-state index in [4.69, 9.17) is 5.73 Å². The highest BCUT2D eigenvalue weighted by atomic mass is 15.2. The number of nitrogens with two attached hydrogens (primary N) is 1. The van der Waals surface area contributed by atoms with Crippen LogP contribution in [0.25, 0.3) is 11.2 Å². The predicted octanol–water partition coefficient (Wildman–Crippen LogP) is 0.254. The predicted molar refractivity (Wildman–Crippen MR) is 45.5 cm³/mol. The average Bonchev–Trinajstić information content (AvgIpc) is 2.32. The maximum atomic E-state index is 5.61. The Hall–Kier alpha value is -1.65. The SMILES string of the molecule is Cc1ncnc2c1nc(N)n2C. The Bertz CT molecular complexity index is 431. The molecule has 0 aliphatic rings. The van der Waals surface area contributed by atoms with Gasteiger partial charge in [0.2, 0.25) is 5.95 Å². The average molecular weight is 163 g/mol. The molecule has 0 aromatic carbocycles. The van der Waals surface area contributed by atoms with E-state index in [1.807, 2.05) is 14.0 Å². The third kappa shape index (κ3) is 0.761. The van der Waals surface area contributed by atoms with Crippen molar-refractivity contribution < 1.29 is 0 Å². The molecule has 0 amide bonds. The zero-order valence-electron chi connectivity index (χ0n) is 6.94. The van der Waals surface area contributed by atoms with Crippen molar-refractivity contribution in [2.75, 3.05) is 5.73 Å². The number of imidazole rings is 1. The lowest BCUT2D eigenvalue weighted by molar-refractivity contribution is 0.942. The highest BCUT2D eigenvalue weighted by Crippen LogP contribution is 2.14. The van der Waals surface area contributed by atoms with E-state index >= 15 is 0 Å². The maximum Gasteiger partial charge on any atom is 0.202 e. The van der Waals surface area contributed by atoms with Crippen LogP contribution < -0.4 is 5.73 Å². The third-order valence-corrected chi connectivity index (χ3v) is 1.87. The number of aryl methyl sites for hydroxylation is 2. The van der Waals surface area contributed by atoms with E-state index in [1.54, 1.807) is 4.57 Å². The van der Waals surface area contributed by atoms with E-state index in [0.717, 1.165) is 16.9 Å². The number of fused-ring (bicyclic) bond motifs is 1. The van der Waals surface area contributed by atoms with Crippen molar-refractivity contribution in [1.82, 2.24) is 19.5 Å². The summed E-state index contributed by atoms with van der Waals surface area (Å²) in [6.45, 7) is 1.89. The first-order chi connectivity index (χ1) is 5.70. The molecule has 5 nitrogen and oxygen atoms in total. The van der Waals surface area contributed by atoms with Crippen LogP contribution in [0.3, 0.4) is 0 Å². The molecule has 2 N–H and O–H groups in total. The molecule has 12 heavy (non-hydrogen) atoms. The van der Waals surface area contributed by atoms with E-state index in [2.05, 4.69) is 15.0 Å². The van der Waals surface area contributed by atoms with Gasteiger partial charge in [0.1, 0.15) is 11.8 Å². The van der Waals surface area contributed by atoms with Crippen molar-refractivity contribution in [1.29, 1.82) is 0 Å². The third-order valence-electron chi connectivity index (χ3n) is 1.87.